The third-order valence-corrected chi connectivity index (χ3v) is 12.8. The lowest BCUT2D eigenvalue weighted by atomic mass is 10.1. The van der Waals surface area contributed by atoms with E-state index < -0.39 is 20.0 Å². The summed E-state index contributed by atoms with van der Waals surface area (Å²) in [5.41, 5.74) is 0. The Hall–Kier alpha value is -3.36. The van der Waals surface area contributed by atoms with E-state index in [1.807, 2.05) is 27.2 Å². The topological polar surface area (TPSA) is 105 Å². The number of nitrogens with zero attached hydrogens (tertiary/aromatic N) is 1. The zero-order valence-electron chi connectivity index (χ0n) is 46.6. The average Bonchev–Trinajstić information content (AvgIpc) is 3.34. The second kappa shape index (κ2) is 52.5. The maximum atomic E-state index is 13.0. The molecule has 9 heteroatoms. The molecule has 72 heavy (non-hydrogen) atoms. The Morgan fingerprint density at radius 1 is 0.486 bits per heavy atom. The van der Waals surface area contributed by atoms with E-state index in [9.17, 15) is 19.4 Å². The molecule has 3 unspecified atom stereocenters. The Morgan fingerprint density at radius 2 is 0.847 bits per heavy atom. The normalized spacial score (nSPS) is 14.9. The Balaban J connectivity index is 4.41. The minimum atomic E-state index is -4.38. The van der Waals surface area contributed by atoms with E-state index in [1.165, 1.54) is 77.0 Å². The van der Waals surface area contributed by atoms with E-state index in [2.05, 4.69) is 141 Å². The molecule has 410 valence electrons. The summed E-state index contributed by atoms with van der Waals surface area (Å²) in [5, 5.41) is 13.9. The third kappa shape index (κ3) is 54.4. The van der Waals surface area contributed by atoms with Gasteiger partial charge in [-0.1, -0.05) is 225 Å². The first-order valence-electron chi connectivity index (χ1n) is 28.6. The fourth-order valence-corrected chi connectivity index (χ4v) is 8.12. The molecule has 0 bridgehead atoms. The van der Waals surface area contributed by atoms with Crippen molar-refractivity contribution in [2.75, 3.05) is 40.9 Å². The molecule has 0 aromatic rings. The highest BCUT2D eigenvalue weighted by molar-refractivity contribution is 7.47. The lowest BCUT2D eigenvalue weighted by Gasteiger charge is -2.25. The zero-order chi connectivity index (χ0) is 52.7. The van der Waals surface area contributed by atoms with E-state index >= 15 is 0 Å². The van der Waals surface area contributed by atoms with Crippen LogP contribution in [0.1, 0.15) is 206 Å². The van der Waals surface area contributed by atoms with Crippen molar-refractivity contribution in [3.63, 3.8) is 0 Å². The first-order chi connectivity index (χ1) is 35.0. The predicted molar refractivity (Wildman–Crippen MR) is 313 cm³/mol. The van der Waals surface area contributed by atoms with Gasteiger partial charge in [0.15, 0.2) is 0 Å². The third-order valence-electron chi connectivity index (χ3n) is 11.8. The van der Waals surface area contributed by atoms with Crippen molar-refractivity contribution < 1.29 is 32.9 Å². The average molecular weight is 1020 g/mol. The zero-order valence-corrected chi connectivity index (χ0v) is 47.5. The van der Waals surface area contributed by atoms with Crippen LogP contribution in [0.15, 0.2) is 134 Å². The molecule has 1 amide bonds. The number of rotatable bonds is 50. The molecule has 0 heterocycles. The maximum Gasteiger partial charge on any atom is 0.472 e. The number of phosphoric ester groups is 1. The van der Waals surface area contributed by atoms with Gasteiger partial charge in [0.1, 0.15) is 13.2 Å². The lowest BCUT2D eigenvalue weighted by Crippen LogP contribution is -2.45. The van der Waals surface area contributed by atoms with Crippen LogP contribution in [0.4, 0.5) is 0 Å². The summed E-state index contributed by atoms with van der Waals surface area (Å²) in [6, 6.07) is -0.895. The summed E-state index contributed by atoms with van der Waals surface area (Å²) in [7, 11) is 1.51. The van der Waals surface area contributed by atoms with Crippen molar-refractivity contribution in [3.05, 3.63) is 134 Å². The molecule has 0 fully saturated rings. The first-order valence-corrected chi connectivity index (χ1v) is 30.1. The highest BCUT2D eigenvalue weighted by Crippen LogP contribution is 2.43. The predicted octanol–water partition coefficient (Wildman–Crippen LogP) is 17.5. The second-order valence-corrected chi connectivity index (χ2v) is 21.4. The molecule has 0 aliphatic heterocycles. The van der Waals surface area contributed by atoms with Crippen molar-refractivity contribution in [2.24, 2.45) is 0 Å². The van der Waals surface area contributed by atoms with Crippen LogP contribution >= 0.6 is 7.82 Å². The Kier molecular flexibility index (Phi) is 50.1. The maximum absolute atomic E-state index is 13.0. The van der Waals surface area contributed by atoms with Gasteiger partial charge >= 0.3 is 7.82 Å². The SMILES string of the molecule is CC/C=C\C/C=C\C/C=C\C/C=C\C/C=C\C/C=C\C/C=C\C/C=C\CCCCCCC(=O)NC(COP(=O)(O)OCC[N+](C)(C)C)C(O)/C=C/CC/C=C/CC/C=C/CCCCCCCCCCCCC. The number of quaternary nitrogens is 1. The van der Waals surface area contributed by atoms with Crippen LogP contribution in [0.5, 0.6) is 0 Å². The molecule has 8 nitrogen and oxygen atoms in total. The van der Waals surface area contributed by atoms with Gasteiger partial charge in [-0.25, -0.2) is 4.57 Å². The largest absolute Gasteiger partial charge is 0.472 e. The van der Waals surface area contributed by atoms with Crippen LogP contribution in [-0.4, -0.2) is 73.4 Å². The number of hydrogen-bond acceptors (Lipinski definition) is 5. The number of nitrogens with one attached hydrogen (secondary N) is 1. The van der Waals surface area contributed by atoms with Gasteiger partial charge in [0.25, 0.3) is 0 Å². The summed E-state index contributed by atoms with van der Waals surface area (Å²) in [6.45, 7) is 4.64. The van der Waals surface area contributed by atoms with Crippen molar-refractivity contribution in [1.82, 2.24) is 5.32 Å². The van der Waals surface area contributed by atoms with Gasteiger partial charge in [-0.2, -0.15) is 0 Å². The first kappa shape index (κ1) is 68.6. The molecule has 0 spiro atoms. The molecule has 0 aromatic carbocycles. The van der Waals surface area contributed by atoms with Crippen LogP contribution in [0, 0.1) is 0 Å². The van der Waals surface area contributed by atoms with Crippen LogP contribution in [0.3, 0.4) is 0 Å². The quantitative estimate of drug-likeness (QED) is 0.0243. The van der Waals surface area contributed by atoms with Crippen molar-refractivity contribution >= 4 is 13.7 Å². The fraction of sp³-hybridized carbons (Fsp3) is 0.635. The number of hydrogen-bond donors (Lipinski definition) is 3. The molecular formula is C63H108N2O6P+. The Morgan fingerprint density at radius 3 is 1.28 bits per heavy atom. The number of allylic oxidation sites excluding steroid dienone is 21. The van der Waals surface area contributed by atoms with Crippen LogP contribution < -0.4 is 5.32 Å². The van der Waals surface area contributed by atoms with Gasteiger partial charge in [-0.15, -0.1) is 0 Å². The van der Waals surface area contributed by atoms with E-state index in [0.29, 0.717) is 17.4 Å². The van der Waals surface area contributed by atoms with Crippen LogP contribution in [0.2, 0.25) is 0 Å². The second-order valence-electron chi connectivity index (χ2n) is 19.9. The van der Waals surface area contributed by atoms with Gasteiger partial charge in [0, 0.05) is 6.42 Å². The number of phosphoric acid groups is 1. The number of carbonyl (C=O) groups is 1. The standard InChI is InChI=1S/C63H107N2O6P/c1-6-8-10-12-14-16-18-20-22-24-26-28-29-30-31-32-33-34-35-37-39-41-43-45-47-49-51-53-55-57-63(67)64-61(60-71-72(68,69)70-59-58-65(3,4)5)62(66)56-54-52-50-48-46-44-42-40-38-36-27-25-23-21-19-17-15-13-11-9-7-2/h8,10,14,16,20,22,26,28,30-31,33-34,37-40,43,45-46,48,54,56,61-62,66H,6-7,9,11-13,15,17-19,21,23-25,27,29,32,35-36,41-42,44,47,49-53,55,57-60H2,1-5H3,(H-,64,67,68,69)/p+1/b10-8-,16-14-,22-20-,28-26-,31-30-,34-33-,39-37-,40-38+,45-43-,48-46+,56-54+. The van der Waals surface area contributed by atoms with Crippen LogP contribution in [0.25, 0.3) is 0 Å². The monoisotopic (exact) mass is 1020 g/mol. The van der Waals surface area contributed by atoms with E-state index in [1.54, 1.807) is 6.08 Å². The molecule has 0 radical (unpaired) electrons. The summed E-state index contributed by atoms with van der Waals surface area (Å²) in [6.07, 6.45) is 79.8. The smallest absolute Gasteiger partial charge is 0.387 e. The lowest BCUT2D eigenvalue weighted by molar-refractivity contribution is -0.870. The molecule has 3 N–H and O–H groups in total. The molecule has 0 rings (SSSR count). The molecule has 0 saturated heterocycles. The highest BCUT2D eigenvalue weighted by Gasteiger charge is 2.27. The van der Waals surface area contributed by atoms with Crippen molar-refractivity contribution in [3.8, 4) is 0 Å². The Bertz CT molecular complexity index is 1630. The summed E-state index contributed by atoms with van der Waals surface area (Å²) in [4.78, 5) is 23.3. The molecular weight excluding hydrogens is 912 g/mol. The molecule has 0 aliphatic carbocycles. The summed E-state index contributed by atoms with van der Waals surface area (Å²) >= 11 is 0. The highest BCUT2D eigenvalue weighted by atomic mass is 31.2. The Labute approximate surface area is 443 Å². The summed E-state index contributed by atoms with van der Waals surface area (Å²) in [5.74, 6) is -0.221. The van der Waals surface area contributed by atoms with Crippen LogP contribution in [-0.2, 0) is 18.4 Å². The van der Waals surface area contributed by atoms with Gasteiger partial charge in [0.2, 0.25) is 5.91 Å². The summed E-state index contributed by atoms with van der Waals surface area (Å²) < 4.78 is 23.7. The van der Waals surface area contributed by atoms with E-state index in [-0.39, 0.29) is 19.1 Å². The van der Waals surface area contributed by atoms with Crippen molar-refractivity contribution in [1.29, 1.82) is 0 Å². The molecule has 0 aliphatic rings. The van der Waals surface area contributed by atoms with Crippen molar-refractivity contribution in [2.45, 2.75) is 219 Å². The minimum Gasteiger partial charge on any atom is -0.387 e. The van der Waals surface area contributed by atoms with Gasteiger partial charge < -0.3 is 19.8 Å². The molecule has 0 saturated carbocycles. The van der Waals surface area contributed by atoms with E-state index in [4.69, 9.17) is 9.05 Å². The number of carbonyl (C=O) groups excluding carboxylic acids is 1. The van der Waals surface area contributed by atoms with Gasteiger partial charge in [-0.05, 0) is 109 Å². The van der Waals surface area contributed by atoms with Gasteiger partial charge in [0.05, 0.1) is 39.9 Å². The minimum absolute atomic E-state index is 0.0403. The number of aliphatic hydroxyl groups excluding tert-OH is 1. The number of amides is 1. The fourth-order valence-electron chi connectivity index (χ4n) is 7.38. The molecule has 0 aromatic heterocycles. The molecule has 3 atom stereocenters. The van der Waals surface area contributed by atoms with E-state index in [0.717, 1.165) is 109 Å². The number of unbranched alkanes of at least 4 members (excludes halogenated alkanes) is 17. The number of likely N-dealkylation sites (N-methyl/N-ethyl adjacent to an activating group) is 1. The number of aliphatic hydroxyl groups is 1. The van der Waals surface area contributed by atoms with Gasteiger partial charge in [-0.3, -0.25) is 13.8 Å².